The predicted molar refractivity (Wildman–Crippen MR) is 71.6 cm³/mol. The van der Waals surface area contributed by atoms with E-state index in [4.69, 9.17) is 10.5 Å². The van der Waals surface area contributed by atoms with E-state index < -0.39 is 0 Å². The fourth-order valence-electron chi connectivity index (χ4n) is 2.33. The molecule has 1 aliphatic heterocycles. The molecule has 0 bridgehead atoms. The van der Waals surface area contributed by atoms with Crippen molar-refractivity contribution in [1.82, 2.24) is 4.98 Å². The molecule has 0 spiro atoms. The first-order valence-electron chi connectivity index (χ1n) is 6.20. The Kier molecular flexibility index (Phi) is 4.01. The Bertz CT molecular complexity index is 358. The lowest BCUT2D eigenvalue weighted by Crippen LogP contribution is -2.36. The third-order valence-electron chi connectivity index (χ3n) is 3.42. The van der Waals surface area contributed by atoms with E-state index in [2.05, 4.69) is 30.8 Å². The van der Waals surface area contributed by atoms with Gasteiger partial charge in [0.2, 0.25) is 0 Å². The van der Waals surface area contributed by atoms with Crippen molar-refractivity contribution in [3.63, 3.8) is 0 Å². The van der Waals surface area contributed by atoms with Gasteiger partial charge in [-0.15, -0.1) is 11.3 Å². The summed E-state index contributed by atoms with van der Waals surface area (Å²) in [6, 6.07) is 0.441. The lowest BCUT2D eigenvalue weighted by molar-refractivity contribution is 0.118. The molecular formula is C12H21N3OS. The highest BCUT2D eigenvalue weighted by Gasteiger charge is 2.29. The van der Waals surface area contributed by atoms with Crippen LogP contribution in [-0.2, 0) is 17.7 Å². The first-order valence-corrected chi connectivity index (χ1v) is 7.02. The number of rotatable bonds is 4. The number of hydrogen-bond donors (Lipinski definition) is 1. The summed E-state index contributed by atoms with van der Waals surface area (Å²) in [7, 11) is 2.11. The van der Waals surface area contributed by atoms with Crippen molar-refractivity contribution in [3.05, 3.63) is 10.6 Å². The van der Waals surface area contributed by atoms with Gasteiger partial charge in [-0.3, -0.25) is 0 Å². The SMILES string of the molecule is CCc1nc(N(C)C2CCOC2C)sc1CN. The van der Waals surface area contributed by atoms with Crippen LogP contribution in [0.1, 0.15) is 30.8 Å². The van der Waals surface area contributed by atoms with Crippen LogP contribution in [0.2, 0.25) is 0 Å². The van der Waals surface area contributed by atoms with Crippen molar-refractivity contribution < 1.29 is 4.74 Å². The van der Waals surface area contributed by atoms with Crippen molar-refractivity contribution in [2.24, 2.45) is 5.73 Å². The summed E-state index contributed by atoms with van der Waals surface area (Å²) in [4.78, 5) is 8.15. The van der Waals surface area contributed by atoms with Gasteiger partial charge in [0.25, 0.3) is 0 Å². The van der Waals surface area contributed by atoms with Crippen LogP contribution in [0, 0.1) is 0 Å². The summed E-state index contributed by atoms with van der Waals surface area (Å²) in [6.07, 6.45) is 2.32. The number of ether oxygens (including phenoxy) is 1. The third-order valence-corrected chi connectivity index (χ3v) is 4.63. The third kappa shape index (κ3) is 2.46. The van der Waals surface area contributed by atoms with Crippen molar-refractivity contribution in [2.45, 2.75) is 45.4 Å². The van der Waals surface area contributed by atoms with Crippen molar-refractivity contribution in [3.8, 4) is 0 Å². The van der Waals surface area contributed by atoms with Crippen LogP contribution in [-0.4, -0.2) is 30.8 Å². The minimum absolute atomic E-state index is 0.287. The average Bonchev–Trinajstić information content (AvgIpc) is 2.93. The molecular weight excluding hydrogens is 234 g/mol. The highest BCUT2D eigenvalue weighted by Crippen LogP contribution is 2.30. The van der Waals surface area contributed by atoms with Gasteiger partial charge < -0.3 is 15.4 Å². The van der Waals surface area contributed by atoms with Crippen LogP contribution in [0.15, 0.2) is 0 Å². The second-order valence-electron chi connectivity index (χ2n) is 4.47. The summed E-state index contributed by atoms with van der Waals surface area (Å²) in [5.74, 6) is 0. The van der Waals surface area contributed by atoms with E-state index in [1.54, 1.807) is 11.3 Å². The molecule has 17 heavy (non-hydrogen) atoms. The normalized spacial score (nSPS) is 24.2. The molecule has 1 aliphatic rings. The van der Waals surface area contributed by atoms with Crippen LogP contribution in [0.4, 0.5) is 5.13 Å². The number of aromatic nitrogens is 1. The Morgan fingerprint density at radius 3 is 2.82 bits per heavy atom. The van der Waals surface area contributed by atoms with Crippen LogP contribution in [0.5, 0.6) is 0 Å². The quantitative estimate of drug-likeness (QED) is 0.891. The van der Waals surface area contributed by atoms with Gasteiger partial charge in [0.05, 0.1) is 17.8 Å². The predicted octanol–water partition coefficient (Wildman–Crippen LogP) is 1.78. The molecule has 1 saturated heterocycles. The second kappa shape index (κ2) is 5.33. The standard InChI is InChI=1S/C12H21N3OS/c1-4-9-11(7-13)17-12(14-9)15(3)10-5-6-16-8(10)2/h8,10H,4-7,13H2,1-3H3. The Morgan fingerprint density at radius 2 is 2.35 bits per heavy atom. The summed E-state index contributed by atoms with van der Waals surface area (Å²) in [6.45, 7) is 5.70. The van der Waals surface area contributed by atoms with Gasteiger partial charge in [-0.2, -0.15) is 0 Å². The zero-order chi connectivity index (χ0) is 12.4. The summed E-state index contributed by atoms with van der Waals surface area (Å²) >= 11 is 1.72. The molecule has 0 saturated carbocycles. The van der Waals surface area contributed by atoms with Crippen LogP contribution >= 0.6 is 11.3 Å². The maximum atomic E-state index is 5.75. The molecule has 2 rings (SSSR count). The Morgan fingerprint density at radius 1 is 1.59 bits per heavy atom. The molecule has 1 fully saturated rings. The Labute approximate surface area is 107 Å². The molecule has 1 aromatic rings. The first-order chi connectivity index (χ1) is 8.17. The van der Waals surface area contributed by atoms with Crippen molar-refractivity contribution >= 4 is 16.5 Å². The Hall–Kier alpha value is -0.650. The topological polar surface area (TPSA) is 51.4 Å². The molecule has 0 aromatic carbocycles. The number of likely N-dealkylation sites (N-methyl/N-ethyl adjacent to an activating group) is 1. The molecule has 2 atom stereocenters. The van der Waals surface area contributed by atoms with E-state index in [0.29, 0.717) is 12.6 Å². The van der Waals surface area contributed by atoms with Gasteiger partial charge in [0, 0.05) is 25.1 Å². The van der Waals surface area contributed by atoms with Gasteiger partial charge in [-0.25, -0.2) is 4.98 Å². The number of anilines is 1. The maximum Gasteiger partial charge on any atom is 0.185 e. The number of nitrogens with two attached hydrogens (primary N) is 1. The largest absolute Gasteiger partial charge is 0.376 e. The number of hydrogen-bond acceptors (Lipinski definition) is 5. The van der Waals surface area contributed by atoms with E-state index in [1.807, 2.05) is 0 Å². The van der Waals surface area contributed by atoms with Crippen LogP contribution in [0.3, 0.4) is 0 Å². The molecule has 0 aliphatic carbocycles. The molecule has 96 valence electrons. The smallest absolute Gasteiger partial charge is 0.185 e. The van der Waals surface area contributed by atoms with Gasteiger partial charge in [0.15, 0.2) is 5.13 Å². The Balaban J connectivity index is 2.18. The molecule has 0 radical (unpaired) electrons. The van der Waals surface area contributed by atoms with Gasteiger partial charge in [-0.1, -0.05) is 6.92 Å². The minimum atomic E-state index is 0.287. The fourth-order valence-corrected chi connectivity index (χ4v) is 3.37. The fraction of sp³-hybridized carbons (Fsp3) is 0.750. The van der Waals surface area contributed by atoms with Crippen LogP contribution in [0.25, 0.3) is 0 Å². The van der Waals surface area contributed by atoms with Gasteiger partial charge in [0.1, 0.15) is 0 Å². The monoisotopic (exact) mass is 255 g/mol. The lowest BCUT2D eigenvalue weighted by Gasteiger charge is -2.26. The molecule has 2 N–H and O–H groups in total. The van der Waals surface area contributed by atoms with Gasteiger partial charge >= 0.3 is 0 Å². The summed E-state index contributed by atoms with van der Waals surface area (Å²) < 4.78 is 5.61. The number of nitrogens with zero attached hydrogens (tertiary/aromatic N) is 2. The lowest BCUT2D eigenvalue weighted by atomic mass is 10.1. The molecule has 2 unspecified atom stereocenters. The average molecular weight is 255 g/mol. The zero-order valence-electron chi connectivity index (χ0n) is 10.8. The van der Waals surface area contributed by atoms with E-state index in [-0.39, 0.29) is 6.10 Å². The molecule has 5 heteroatoms. The van der Waals surface area contributed by atoms with Crippen molar-refractivity contribution in [2.75, 3.05) is 18.6 Å². The second-order valence-corrected chi connectivity index (χ2v) is 5.53. The van der Waals surface area contributed by atoms with E-state index >= 15 is 0 Å². The minimum Gasteiger partial charge on any atom is -0.376 e. The maximum absolute atomic E-state index is 5.75. The molecule has 2 heterocycles. The van der Waals surface area contributed by atoms with Crippen molar-refractivity contribution in [1.29, 1.82) is 0 Å². The summed E-state index contributed by atoms with van der Waals surface area (Å²) in [5.41, 5.74) is 6.89. The number of aryl methyl sites for hydroxylation is 1. The van der Waals surface area contributed by atoms with E-state index in [9.17, 15) is 0 Å². The summed E-state index contributed by atoms with van der Waals surface area (Å²) in [5, 5.41) is 1.07. The number of thiazole rings is 1. The zero-order valence-corrected chi connectivity index (χ0v) is 11.6. The molecule has 0 amide bonds. The molecule has 4 nitrogen and oxygen atoms in total. The van der Waals surface area contributed by atoms with Gasteiger partial charge in [-0.05, 0) is 19.8 Å². The highest BCUT2D eigenvalue weighted by atomic mass is 32.1. The first kappa shape index (κ1) is 12.8. The molecule has 1 aromatic heterocycles. The van der Waals surface area contributed by atoms with Crippen LogP contribution < -0.4 is 10.6 Å². The van der Waals surface area contributed by atoms with E-state index in [0.717, 1.165) is 30.3 Å². The highest BCUT2D eigenvalue weighted by molar-refractivity contribution is 7.15. The van der Waals surface area contributed by atoms with E-state index in [1.165, 1.54) is 4.88 Å².